The minimum absolute atomic E-state index is 0.0507. The topological polar surface area (TPSA) is 91.2 Å². The van der Waals surface area contributed by atoms with Gasteiger partial charge in [0.25, 0.3) is 0 Å². The van der Waals surface area contributed by atoms with Gasteiger partial charge in [-0.3, -0.25) is 4.79 Å². The van der Waals surface area contributed by atoms with Crippen LogP contribution in [0.3, 0.4) is 0 Å². The van der Waals surface area contributed by atoms with Gasteiger partial charge in [0.1, 0.15) is 11.5 Å². The zero-order chi connectivity index (χ0) is 15.4. The predicted octanol–water partition coefficient (Wildman–Crippen LogP) is 1.32. The Labute approximate surface area is 123 Å². The van der Waals surface area contributed by atoms with Crippen LogP contribution in [0.2, 0.25) is 0 Å². The molecule has 0 radical (unpaired) electrons. The number of rotatable bonds is 5. The minimum Gasteiger partial charge on any atom is -0.507 e. The Hall–Kier alpha value is -2.08. The van der Waals surface area contributed by atoms with E-state index in [1.807, 2.05) is 6.92 Å². The van der Waals surface area contributed by atoms with Crippen molar-refractivity contribution < 1.29 is 19.7 Å². The van der Waals surface area contributed by atoms with Gasteiger partial charge in [0.15, 0.2) is 0 Å². The smallest absolute Gasteiger partial charge is 0.240 e. The van der Waals surface area contributed by atoms with E-state index in [9.17, 15) is 9.90 Å². The molecule has 1 aliphatic heterocycles. The number of hydrazone groups is 1. The summed E-state index contributed by atoms with van der Waals surface area (Å²) in [6, 6.07) is 3.51. The van der Waals surface area contributed by atoms with Gasteiger partial charge in [-0.2, -0.15) is 5.10 Å². The van der Waals surface area contributed by atoms with Crippen LogP contribution in [0.15, 0.2) is 17.2 Å². The lowest BCUT2D eigenvalue weighted by molar-refractivity contribution is -0.121. The van der Waals surface area contributed by atoms with Crippen LogP contribution < -0.4 is 10.2 Å². The number of hydrogen-bond acceptors (Lipinski definition) is 5. The van der Waals surface area contributed by atoms with Crippen LogP contribution in [0, 0.1) is 12.8 Å². The van der Waals surface area contributed by atoms with Crippen molar-refractivity contribution in [1.82, 2.24) is 5.43 Å². The molecule has 1 heterocycles. The molecule has 21 heavy (non-hydrogen) atoms. The van der Waals surface area contributed by atoms with E-state index in [4.69, 9.17) is 9.84 Å². The normalized spacial score (nSPS) is 18.1. The average molecular weight is 292 g/mol. The standard InChI is InChI=1S/C15H20N2O4/c1-9-8-13(19)16-17-14(9)11-4-5-12(10(2)15(11)20)21-7-3-6-18/h4-5,9,18,20H,3,6-8H2,1-2H3,(H,16,19). The number of aliphatic hydroxyl groups is 1. The molecule has 6 nitrogen and oxygen atoms in total. The molecule has 0 spiro atoms. The first-order valence-electron chi connectivity index (χ1n) is 6.97. The number of aromatic hydroxyl groups is 1. The summed E-state index contributed by atoms with van der Waals surface area (Å²) in [5.41, 5.74) is 4.34. The summed E-state index contributed by atoms with van der Waals surface area (Å²) in [6.45, 7) is 4.12. The molecule has 1 atom stereocenters. The third-order valence-electron chi connectivity index (χ3n) is 3.48. The van der Waals surface area contributed by atoms with Crippen molar-refractivity contribution in [3.8, 4) is 11.5 Å². The van der Waals surface area contributed by atoms with Crippen LogP contribution in [0.5, 0.6) is 11.5 Å². The van der Waals surface area contributed by atoms with Crippen LogP contribution in [0.1, 0.15) is 30.9 Å². The highest BCUT2D eigenvalue weighted by molar-refractivity contribution is 6.07. The van der Waals surface area contributed by atoms with E-state index in [-0.39, 0.29) is 24.2 Å². The predicted molar refractivity (Wildman–Crippen MR) is 78.5 cm³/mol. The van der Waals surface area contributed by atoms with Gasteiger partial charge in [-0.25, -0.2) is 5.43 Å². The zero-order valence-electron chi connectivity index (χ0n) is 12.2. The average Bonchev–Trinajstić information content (AvgIpc) is 2.45. The van der Waals surface area contributed by atoms with Gasteiger partial charge < -0.3 is 14.9 Å². The maximum atomic E-state index is 11.3. The molecule has 0 fully saturated rings. The van der Waals surface area contributed by atoms with Crippen molar-refractivity contribution in [2.24, 2.45) is 11.0 Å². The van der Waals surface area contributed by atoms with E-state index in [1.165, 1.54) is 0 Å². The third-order valence-corrected chi connectivity index (χ3v) is 3.48. The fourth-order valence-corrected chi connectivity index (χ4v) is 2.27. The van der Waals surface area contributed by atoms with E-state index in [1.54, 1.807) is 19.1 Å². The molecule has 1 amide bonds. The quantitative estimate of drug-likeness (QED) is 0.714. The second-order valence-electron chi connectivity index (χ2n) is 5.15. The van der Waals surface area contributed by atoms with Crippen LogP contribution in [-0.4, -0.2) is 35.0 Å². The highest BCUT2D eigenvalue weighted by atomic mass is 16.5. The number of phenols is 1. The van der Waals surface area contributed by atoms with Crippen molar-refractivity contribution in [2.75, 3.05) is 13.2 Å². The van der Waals surface area contributed by atoms with Gasteiger partial charge >= 0.3 is 0 Å². The lowest BCUT2D eigenvalue weighted by Gasteiger charge is -2.21. The number of amides is 1. The lowest BCUT2D eigenvalue weighted by Crippen LogP contribution is -2.32. The van der Waals surface area contributed by atoms with Gasteiger partial charge in [0, 0.05) is 36.5 Å². The highest BCUT2D eigenvalue weighted by Crippen LogP contribution is 2.33. The molecule has 1 aromatic rings. The summed E-state index contributed by atoms with van der Waals surface area (Å²) in [6.07, 6.45) is 0.893. The molecule has 0 saturated carbocycles. The van der Waals surface area contributed by atoms with Crippen molar-refractivity contribution in [3.05, 3.63) is 23.3 Å². The molecular formula is C15H20N2O4. The zero-order valence-corrected chi connectivity index (χ0v) is 12.2. The summed E-state index contributed by atoms with van der Waals surface area (Å²) in [5.74, 6) is 0.521. The van der Waals surface area contributed by atoms with Gasteiger partial charge in [0.05, 0.1) is 12.3 Å². The summed E-state index contributed by atoms with van der Waals surface area (Å²) in [4.78, 5) is 11.3. The highest BCUT2D eigenvalue weighted by Gasteiger charge is 2.24. The monoisotopic (exact) mass is 292 g/mol. The molecule has 6 heteroatoms. The Morgan fingerprint density at radius 2 is 2.24 bits per heavy atom. The Kier molecular flexibility index (Phi) is 4.80. The van der Waals surface area contributed by atoms with Crippen molar-refractivity contribution in [1.29, 1.82) is 0 Å². The fourth-order valence-electron chi connectivity index (χ4n) is 2.27. The lowest BCUT2D eigenvalue weighted by atomic mass is 9.92. The first kappa shape index (κ1) is 15.3. The van der Waals surface area contributed by atoms with Crippen molar-refractivity contribution >= 4 is 11.6 Å². The Balaban J connectivity index is 2.26. The van der Waals surface area contributed by atoms with E-state index in [0.29, 0.717) is 42.0 Å². The maximum absolute atomic E-state index is 11.3. The van der Waals surface area contributed by atoms with E-state index < -0.39 is 0 Å². The molecule has 3 N–H and O–H groups in total. The van der Waals surface area contributed by atoms with Crippen molar-refractivity contribution in [3.63, 3.8) is 0 Å². The number of carbonyl (C=O) groups excluding carboxylic acids is 1. The second-order valence-corrected chi connectivity index (χ2v) is 5.15. The third kappa shape index (κ3) is 3.33. The molecule has 2 rings (SSSR count). The molecule has 114 valence electrons. The van der Waals surface area contributed by atoms with Crippen molar-refractivity contribution in [2.45, 2.75) is 26.7 Å². The second kappa shape index (κ2) is 6.58. The molecule has 0 aromatic heterocycles. The Bertz CT molecular complexity index is 569. The summed E-state index contributed by atoms with van der Waals surface area (Å²) in [7, 11) is 0. The summed E-state index contributed by atoms with van der Waals surface area (Å²) in [5, 5.41) is 23.2. The Morgan fingerprint density at radius 3 is 2.90 bits per heavy atom. The molecule has 0 saturated heterocycles. The number of hydrogen-bond donors (Lipinski definition) is 3. The number of nitrogens with one attached hydrogen (secondary N) is 1. The number of carbonyl (C=O) groups is 1. The van der Waals surface area contributed by atoms with E-state index >= 15 is 0 Å². The number of nitrogens with zero attached hydrogens (tertiary/aromatic N) is 1. The molecule has 1 aromatic carbocycles. The van der Waals surface area contributed by atoms with Gasteiger partial charge in [-0.05, 0) is 19.1 Å². The molecule has 0 bridgehead atoms. The summed E-state index contributed by atoms with van der Waals surface area (Å²) >= 11 is 0. The van der Waals surface area contributed by atoms with Crippen LogP contribution in [0.4, 0.5) is 0 Å². The fraction of sp³-hybridized carbons (Fsp3) is 0.467. The SMILES string of the molecule is Cc1c(OCCCO)ccc(C2=NNC(=O)CC2C)c1O. The number of ether oxygens (including phenoxy) is 1. The van der Waals surface area contributed by atoms with Gasteiger partial charge in [0.2, 0.25) is 5.91 Å². The molecule has 0 aliphatic carbocycles. The minimum atomic E-state index is -0.119. The molecule has 1 unspecified atom stereocenters. The number of phenolic OH excluding ortho intramolecular Hbond substituents is 1. The first-order chi connectivity index (χ1) is 10.0. The van der Waals surface area contributed by atoms with Gasteiger partial charge in [-0.1, -0.05) is 6.92 Å². The molecule has 1 aliphatic rings. The molecular weight excluding hydrogens is 272 g/mol. The Morgan fingerprint density at radius 1 is 1.48 bits per heavy atom. The number of aliphatic hydroxyl groups excluding tert-OH is 1. The maximum Gasteiger partial charge on any atom is 0.240 e. The number of benzene rings is 1. The van der Waals surface area contributed by atoms with E-state index in [0.717, 1.165) is 0 Å². The van der Waals surface area contributed by atoms with Crippen LogP contribution in [0.25, 0.3) is 0 Å². The largest absolute Gasteiger partial charge is 0.507 e. The van der Waals surface area contributed by atoms with Crippen LogP contribution in [-0.2, 0) is 4.79 Å². The first-order valence-corrected chi connectivity index (χ1v) is 6.97. The summed E-state index contributed by atoms with van der Waals surface area (Å²) < 4.78 is 5.51. The van der Waals surface area contributed by atoms with E-state index in [2.05, 4.69) is 10.5 Å². The van der Waals surface area contributed by atoms with Crippen LogP contribution >= 0.6 is 0 Å². The van der Waals surface area contributed by atoms with Gasteiger partial charge in [-0.15, -0.1) is 0 Å².